The van der Waals surface area contributed by atoms with Crippen molar-refractivity contribution >= 4 is 40.4 Å². The van der Waals surface area contributed by atoms with Crippen LogP contribution in [0.3, 0.4) is 0 Å². The molecule has 2 amide bonds. The number of thiazole rings is 1. The molecule has 1 atom stereocenters. The van der Waals surface area contributed by atoms with Crippen molar-refractivity contribution in [2.45, 2.75) is 38.9 Å². The van der Waals surface area contributed by atoms with Crippen LogP contribution in [0.4, 0.5) is 5.69 Å². The van der Waals surface area contributed by atoms with Gasteiger partial charge in [0.2, 0.25) is 11.8 Å². The first-order valence-electron chi connectivity index (χ1n) is 14.2. The van der Waals surface area contributed by atoms with Gasteiger partial charge in [-0.05, 0) is 37.1 Å². The minimum Gasteiger partial charge on any atom is -0.481 e. The lowest BCUT2D eigenvalue weighted by Gasteiger charge is -2.15. The molecule has 4 aromatic rings. The van der Waals surface area contributed by atoms with Crippen LogP contribution in [0.1, 0.15) is 39.5 Å². The highest BCUT2D eigenvalue weighted by molar-refractivity contribution is 7.11. The van der Waals surface area contributed by atoms with Crippen LogP contribution >= 0.6 is 22.9 Å². The lowest BCUT2D eigenvalue weighted by atomic mass is 10.0. The van der Waals surface area contributed by atoms with Gasteiger partial charge in [0.15, 0.2) is 5.01 Å². The molecule has 1 saturated heterocycles. The van der Waals surface area contributed by atoms with Crippen molar-refractivity contribution < 1.29 is 19.4 Å². The Bertz CT molecular complexity index is 1650. The van der Waals surface area contributed by atoms with Gasteiger partial charge < -0.3 is 31.1 Å². The number of nitrogens with zero attached hydrogens (tertiary/aromatic N) is 3. The number of aliphatic hydroxyl groups is 1. The molecule has 0 saturated carbocycles. The van der Waals surface area contributed by atoms with Gasteiger partial charge in [0.25, 0.3) is 5.91 Å². The predicted octanol–water partition coefficient (Wildman–Crippen LogP) is 3.94. The molecule has 44 heavy (non-hydrogen) atoms. The Kier molecular flexibility index (Phi) is 10.5. The molecule has 11 nitrogen and oxygen atoms in total. The molecule has 3 aromatic heterocycles. The lowest BCUT2D eigenvalue weighted by molar-refractivity contribution is -0.119. The maximum Gasteiger partial charge on any atom is 0.284 e. The Morgan fingerprint density at radius 2 is 2.02 bits per heavy atom. The summed E-state index contributed by atoms with van der Waals surface area (Å²) in [4.78, 5) is 38.2. The first-order chi connectivity index (χ1) is 21.4. The zero-order valence-electron chi connectivity index (χ0n) is 24.4. The number of carbonyl (C=O) groups is 2. The van der Waals surface area contributed by atoms with Gasteiger partial charge in [-0.2, -0.15) is 0 Å². The predicted molar refractivity (Wildman–Crippen MR) is 171 cm³/mol. The first kappa shape index (κ1) is 31.5. The van der Waals surface area contributed by atoms with E-state index in [0.29, 0.717) is 71.1 Å². The highest BCUT2D eigenvalue weighted by atomic mass is 35.5. The summed E-state index contributed by atoms with van der Waals surface area (Å²) in [5.41, 5.74) is 5.72. The number of hydrogen-bond acceptors (Lipinski definition) is 10. The van der Waals surface area contributed by atoms with Crippen LogP contribution < -0.4 is 26.0 Å². The number of amides is 2. The largest absolute Gasteiger partial charge is 0.481 e. The van der Waals surface area contributed by atoms with E-state index in [-0.39, 0.29) is 24.5 Å². The average molecular weight is 636 g/mol. The number of ether oxygens (including phenoxy) is 1. The molecule has 0 radical (unpaired) electrons. The minimum absolute atomic E-state index is 0.0354. The number of benzene rings is 1. The van der Waals surface area contributed by atoms with Gasteiger partial charge in [0.1, 0.15) is 0 Å². The molecule has 1 aliphatic heterocycles. The maximum absolute atomic E-state index is 13.0. The summed E-state index contributed by atoms with van der Waals surface area (Å²) < 4.78 is 5.60. The van der Waals surface area contributed by atoms with E-state index in [2.05, 4.69) is 31.2 Å². The Morgan fingerprint density at radius 1 is 1.16 bits per heavy atom. The van der Waals surface area contributed by atoms with Crippen LogP contribution in [0, 0.1) is 6.92 Å². The number of nitrogens with one attached hydrogen (secondary N) is 4. The summed E-state index contributed by atoms with van der Waals surface area (Å²) in [6.45, 7) is 4.08. The SMILES string of the molecule is COc1nc(-c2ccnc(-c3cccc(NC(=O)c4nc(CNCCO)cs4)c3C)c2Cl)ccc1CNC[C@@H]1CCC(=O)N1. The zero-order chi connectivity index (χ0) is 31.1. The highest BCUT2D eigenvalue weighted by Gasteiger charge is 2.21. The molecule has 230 valence electrons. The number of rotatable bonds is 13. The molecule has 0 spiro atoms. The van der Waals surface area contributed by atoms with Gasteiger partial charge >= 0.3 is 0 Å². The van der Waals surface area contributed by atoms with Crippen LogP contribution in [0.15, 0.2) is 48.0 Å². The number of pyridine rings is 2. The Morgan fingerprint density at radius 3 is 2.80 bits per heavy atom. The van der Waals surface area contributed by atoms with Crippen LogP contribution in [-0.4, -0.2) is 64.7 Å². The van der Waals surface area contributed by atoms with Crippen molar-refractivity contribution in [2.75, 3.05) is 32.1 Å². The van der Waals surface area contributed by atoms with Crippen LogP contribution in [-0.2, 0) is 17.9 Å². The molecule has 0 aliphatic carbocycles. The highest BCUT2D eigenvalue weighted by Crippen LogP contribution is 2.38. The van der Waals surface area contributed by atoms with Crippen molar-refractivity contribution in [3.05, 3.63) is 74.8 Å². The Balaban J connectivity index is 1.32. The summed E-state index contributed by atoms with van der Waals surface area (Å²) in [6.07, 6.45) is 3.08. The Labute approximate surface area is 264 Å². The van der Waals surface area contributed by atoms with E-state index < -0.39 is 0 Å². The van der Waals surface area contributed by atoms with Crippen LogP contribution in [0.2, 0.25) is 5.02 Å². The lowest BCUT2D eigenvalue weighted by Crippen LogP contribution is -2.35. The quantitative estimate of drug-likeness (QED) is 0.138. The third-order valence-electron chi connectivity index (χ3n) is 7.27. The number of aromatic nitrogens is 3. The van der Waals surface area contributed by atoms with E-state index in [1.165, 1.54) is 11.3 Å². The molecule has 1 aromatic carbocycles. The van der Waals surface area contributed by atoms with Gasteiger partial charge in [-0.25, -0.2) is 9.97 Å². The van der Waals surface area contributed by atoms with E-state index in [1.54, 1.807) is 13.3 Å². The molecular weight excluding hydrogens is 602 g/mol. The van der Waals surface area contributed by atoms with E-state index in [9.17, 15) is 9.59 Å². The first-order valence-corrected chi connectivity index (χ1v) is 15.5. The normalized spacial score (nSPS) is 14.5. The Hall–Kier alpha value is -3.94. The smallest absolute Gasteiger partial charge is 0.284 e. The molecule has 5 N–H and O–H groups in total. The number of methoxy groups -OCH3 is 1. The van der Waals surface area contributed by atoms with Crippen molar-refractivity contribution in [1.29, 1.82) is 0 Å². The molecule has 0 unspecified atom stereocenters. The van der Waals surface area contributed by atoms with Gasteiger partial charge in [-0.1, -0.05) is 29.8 Å². The van der Waals surface area contributed by atoms with Gasteiger partial charge in [0.05, 0.1) is 35.8 Å². The number of carbonyl (C=O) groups excluding carboxylic acids is 2. The average Bonchev–Trinajstić information content (AvgIpc) is 3.68. The molecule has 13 heteroatoms. The van der Waals surface area contributed by atoms with Gasteiger partial charge in [-0.15, -0.1) is 11.3 Å². The molecule has 1 fully saturated rings. The summed E-state index contributed by atoms with van der Waals surface area (Å²) in [5, 5.41) is 23.9. The van der Waals surface area contributed by atoms with E-state index in [0.717, 1.165) is 28.8 Å². The maximum atomic E-state index is 13.0. The minimum atomic E-state index is -0.310. The van der Waals surface area contributed by atoms with Crippen LogP contribution in [0.5, 0.6) is 5.88 Å². The molecule has 0 bridgehead atoms. The number of anilines is 1. The monoisotopic (exact) mass is 635 g/mol. The van der Waals surface area contributed by atoms with Crippen molar-refractivity contribution in [2.24, 2.45) is 0 Å². The van der Waals surface area contributed by atoms with E-state index in [1.807, 2.05) is 48.7 Å². The summed E-state index contributed by atoms with van der Waals surface area (Å²) in [7, 11) is 1.58. The van der Waals surface area contributed by atoms with E-state index >= 15 is 0 Å². The van der Waals surface area contributed by atoms with Gasteiger partial charge in [-0.3, -0.25) is 14.6 Å². The number of hydrogen-bond donors (Lipinski definition) is 5. The molecule has 4 heterocycles. The summed E-state index contributed by atoms with van der Waals surface area (Å²) in [6, 6.07) is 11.4. The fourth-order valence-electron chi connectivity index (χ4n) is 4.96. The van der Waals surface area contributed by atoms with Crippen molar-refractivity contribution in [3.8, 4) is 28.4 Å². The molecule has 5 rings (SSSR count). The fourth-order valence-corrected chi connectivity index (χ4v) is 5.98. The fraction of sp³-hybridized carbons (Fsp3) is 0.323. The molecular formula is C31H34ClN7O4S. The standard InChI is InChI=1S/C31H34ClN7O4S/c1-18-22(4-3-5-24(18)38-29(42)31-37-21(17-44-31)16-33-12-13-40)28-27(32)23(10-11-35-28)25-8-6-19(30(39-25)43-2)14-34-15-20-7-9-26(41)36-20/h3-6,8,10-11,17,20,33-34,40H,7,9,12-16H2,1-2H3,(H,36,41)(H,38,42)/t20-/m0/s1. The van der Waals surface area contributed by atoms with Crippen molar-refractivity contribution in [3.63, 3.8) is 0 Å². The number of aliphatic hydroxyl groups excluding tert-OH is 1. The third kappa shape index (κ3) is 7.40. The molecule has 1 aliphatic rings. The second kappa shape index (κ2) is 14.7. The topological polar surface area (TPSA) is 150 Å². The number of halogens is 1. The zero-order valence-corrected chi connectivity index (χ0v) is 26.0. The second-order valence-electron chi connectivity index (χ2n) is 10.3. The van der Waals surface area contributed by atoms with Crippen molar-refractivity contribution in [1.82, 2.24) is 30.9 Å². The summed E-state index contributed by atoms with van der Waals surface area (Å²) >= 11 is 8.22. The van der Waals surface area contributed by atoms with Crippen LogP contribution in [0.25, 0.3) is 22.5 Å². The third-order valence-corrected chi connectivity index (χ3v) is 8.54. The van der Waals surface area contributed by atoms with E-state index in [4.69, 9.17) is 26.4 Å². The van der Waals surface area contributed by atoms with Gasteiger partial charge in [0, 0.05) is 72.6 Å². The second-order valence-corrected chi connectivity index (χ2v) is 11.5. The summed E-state index contributed by atoms with van der Waals surface area (Å²) in [5.74, 6) is 0.264.